The molecule has 1 aliphatic heterocycles. The summed E-state index contributed by atoms with van der Waals surface area (Å²) in [6, 6.07) is 10.7. The zero-order chi connectivity index (χ0) is 18.1. The number of nitrogens with two attached hydrogens (primary N) is 1. The topological polar surface area (TPSA) is 101 Å². The van der Waals surface area contributed by atoms with Crippen LogP contribution in [0.4, 0.5) is 0 Å². The first kappa shape index (κ1) is 17.1. The SMILES string of the molecule is Cc1cc2c(c(=O)n1CCO)[C@@H](c1ccccc1Cl)C(C#N)=C(N)O2. The molecular weight excluding hydrogens is 342 g/mol. The van der Waals surface area contributed by atoms with Crippen LogP contribution < -0.4 is 16.0 Å². The van der Waals surface area contributed by atoms with E-state index < -0.39 is 5.92 Å². The highest BCUT2D eigenvalue weighted by Gasteiger charge is 2.35. The van der Waals surface area contributed by atoms with Crippen LogP contribution in [0.15, 0.2) is 46.6 Å². The van der Waals surface area contributed by atoms with Gasteiger partial charge >= 0.3 is 0 Å². The Labute approximate surface area is 149 Å². The van der Waals surface area contributed by atoms with Gasteiger partial charge in [-0.1, -0.05) is 29.8 Å². The van der Waals surface area contributed by atoms with Crippen molar-refractivity contribution in [3.63, 3.8) is 0 Å². The third kappa shape index (κ3) is 2.78. The van der Waals surface area contributed by atoms with E-state index in [1.54, 1.807) is 37.3 Å². The molecule has 0 aliphatic carbocycles. The molecule has 6 nitrogen and oxygen atoms in total. The highest BCUT2D eigenvalue weighted by atomic mass is 35.5. The van der Waals surface area contributed by atoms with Crippen LogP contribution >= 0.6 is 11.6 Å². The Balaban J connectivity index is 2.35. The Morgan fingerprint density at radius 2 is 2.16 bits per heavy atom. The Morgan fingerprint density at radius 1 is 1.44 bits per heavy atom. The summed E-state index contributed by atoms with van der Waals surface area (Å²) in [4.78, 5) is 13.0. The van der Waals surface area contributed by atoms with E-state index in [4.69, 9.17) is 22.1 Å². The maximum atomic E-state index is 13.0. The number of aliphatic hydroxyl groups is 1. The summed E-state index contributed by atoms with van der Waals surface area (Å²) in [6.07, 6.45) is 0. The van der Waals surface area contributed by atoms with Gasteiger partial charge in [0.1, 0.15) is 17.4 Å². The number of fused-ring (bicyclic) bond motifs is 1. The molecule has 128 valence electrons. The summed E-state index contributed by atoms with van der Waals surface area (Å²) in [5.41, 5.74) is 7.24. The van der Waals surface area contributed by atoms with E-state index in [1.165, 1.54) is 4.57 Å². The number of aryl methyl sites for hydroxylation is 1. The predicted molar refractivity (Wildman–Crippen MR) is 93.3 cm³/mol. The van der Waals surface area contributed by atoms with E-state index in [0.717, 1.165) is 0 Å². The molecule has 0 saturated heterocycles. The van der Waals surface area contributed by atoms with Gasteiger partial charge in [0, 0.05) is 23.3 Å². The lowest BCUT2D eigenvalue weighted by Crippen LogP contribution is -2.33. The maximum absolute atomic E-state index is 13.0. The number of hydrogen-bond acceptors (Lipinski definition) is 5. The van der Waals surface area contributed by atoms with Gasteiger partial charge in [-0.25, -0.2) is 0 Å². The third-order valence-electron chi connectivity index (χ3n) is 4.23. The summed E-state index contributed by atoms with van der Waals surface area (Å²) >= 11 is 6.32. The zero-order valence-corrected chi connectivity index (χ0v) is 14.2. The van der Waals surface area contributed by atoms with Gasteiger partial charge in [-0.05, 0) is 18.6 Å². The molecule has 0 unspecified atom stereocenters. The van der Waals surface area contributed by atoms with Crippen molar-refractivity contribution in [2.24, 2.45) is 5.73 Å². The summed E-state index contributed by atoms with van der Waals surface area (Å²) in [7, 11) is 0. The number of allylic oxidation sites excluding steroid dienone is 1. The molecule has 0 spiro atoms. The number of hydrogen-bond donors (Lipinski definition) is 2. The lowest BCUT2D eigenvalue weighted by atomic mass is 9.84. The van der Waals surface area contributed by atoms with Crippen molar-refractivity contribution in [3.05, 3.63) is 74.0 Å². The van der Waals surface area contributed by atoms with Crippen molar-refractivity contribution in [3.8, 4) is 11.8 Å². The minimum atomic E-state index is -0.722. The number of nitriles is 1. The van der Waals surface area contributed by atoms with Crippen LogP contribution in [0.1, 0.15) is 22.7 Å². The summed E-state index contributed by atoms with van der Waals surface area (Å²) < 4.78 is 6.98. The first-order valence-electron chi connectivity index (χ1n) is 7.66. The van der Waals surface area contributed by atoms with Crippen molar-refractivity contribution in [1.29, 1.82) is 5.26 Å². The lowest BCUT2D eigenvalue weighted by molar-refractivity contribution is 0.272. The molecule has 0 fully saturated rings. The number of nitrogens with zero attached hydrogens (tertiary/aromatic N) is 2. The smallest absolute Gasteiger partial charge is 0.258 e. The van der Waals surface area contributed by atoms with Crippen LogP contribution in [-0.2, 0) is 6.54 Å². The fourth-order valence-corrected chi connectivity index (χ4v) is 3.33. The van der Waals surface area contributed by atoms with E-state index in [-0.39, 0.29) is 35.7 Å². The second-order valence-electron chi connectivity index (χ2n) is 5.69. The second-order valence-corrected chi connectivity index (χ2v) is 6.10. The van der Waals surface area contributed by atoms with E-state index in [9.17, 15) is 15.2 Å². The van der Waals surface area contributed by atoms with E-state index >= 15 is 0 Å². The molecule has 7 heteroatoms. The van der Waals surface area contributed by atoms with Crippen LogP contribution in [0.5, 0.6) is 5.75 Å². The highest BCUT2D eigenvalue weighted by Crippen LogP contribution is 2.42. The van der Waals surface area contributed by atoms with Gasteiger partial charge in [0.25, 0.3) is 5.56 Å². The number of ether oxygens (including phenoxy) is 1. The van der Waals surface area contributed by atoms with E-state index in [2.05, 4.69) is 0 Å². The van der Waals surface area contributed by atoms with Gasteiger partial charge in [-0.2, -0.15) is 5.26 Å². The normalized spacial score (nSPS) is 16.2. The van der Waals surface area contributed by atoms with Gasteiger partial charge in [0.15, 0.2) is 0 Å². The molecule has 1 aromatic heterocycles. The van der Waals surface area contributed by atoms with Crippen molar-refractivity contribution in [2.75, 3.05) is 6.61 Å². The fourth-order valence-electron chi connectivity index (χ4n) is 3.08. The Kier molecular flexibility index (Phi) is 4.53. The average molecular weight is 358 g/mol. The van der Waals surface area contributed by atoms with Crippen LogP contribution in [0.2, 0.25) is 5.02 Å². The molecule has 3 N–H and O–H groups in total. The standard InChI is InChI=1S/C18H16ClN3O3/c1-10-8-14-16(18(24)22(10)6-7-23)15(12(9-20)17(21)25-14)11-4-2-3-5-13(11)19/h2-5,8,15,23H,6-7,21H2,1H3/t15-/m0/s1. The average Bonchev–Trinajstić information content (AvgIpc) is 2.58. The summed E-state index contributed by atoms with van der Waals surface area (Å²) in [6.45, 7) is 1.71. The van der Waals surface area contributed by atoms with Gasteiger partial charge < -0.3 is 20.1 Å². The number of aliphatic hydroxyl groups excluding tert-OH is 1. The van der Waals surface area contributed by atoms with Gasteiger partial charge in [-0.15, -0.1) is 0 Å². The molecule has 2 aromatic rings. The number of pyridine rings is 1. The van der Waals surface area contributed by atoms with Gasteiger partial charge in [-0.3, -0.25) is 4.79 Å². The first-order valence-corrected chi connectivity index (χ1v) is 8.04. The Morgan fingerprint density at radius 3 is 2.80 bits per heavy atom. The molecule has 1 aliphatic rings. The Bertz CT molecular complexity index is 973. The molecule has 0 saturated carbocycles. The minimum absolute atomic E-state index is 0.0429. The number of rotatable bonds is 3. The molecule has 1 aromatic carbocycles. The van der Waals surface area contributed by atoms with E-state index in [1.807, 2.05) is 6.07 Å². The second kappa shape index (κ2) is 6.63. The largest absolute Gasteiger partial charge is 0.440 e. The van der Waals surface area contributed by atoms with Gasteiger partial charge in [0.2, 0.25) is 5.88 Å². The number of benzene rings is 1. The Hall–Kier alpha value is -2.75. The van der Waals surface area contributed by atoms with Crippen LogP contribution in [0, 0.1) is 18.3 Å². The molecule has 3 rings (SSSR count). The molecule has 1 atom stereocenters. The number of aromatic nitrogens is 1. The summed E-state index contributed by atoms with van der Waals surface area (Å²) in [5, 5.41) is 19.2. The molecule has 0 amide bonds. The van der Waals surface area contributed by atoms with Crippen LogP contribution in [-0.4, -0.2) is 16.3 Å². The summed E-state index contributed by atoms with van der Waals surface area (Å²) in [5.74, 6) is -0.461. The predicted octanol–water partition coefficient (Wildman–Crippen LogP) is 2.02. The zero-order valence-electron chi connectivity index (χ0n) is 13.5. The molecular formula is C18H16ClN3O3. The molecule has 25 heavy (non-hydrogen) atoms. The van der Waals surface area contributed by atoms with Gasteiger partial charge in [0.05, 0.1) is 18.1 Å². The van der Waals surface area contributed by atoms with Crippen molar-refractivity contribution < 1.29 is 9.84 Å². The highest BCUT2D eigenvalue weighted by molar-refractivity contribution is 6.31. The third-order valence-corrected chi connectivity index (χ3v) is 4.57. The first-order chi connectivity index (χ1) is 12.0. The monoisotopic (exact) mass is 357 g/mol. The quantitative estimate of drug-likeness (QED) is 0.875. The lowest BCUT2D eigenvalue weighted by Gasteiger charge is -2.27. The number of halogens is 1. The van der Waals surface area contributed by atoms with E-state index in [0.29, 0.717) is 22.0 Å². The maximum Gasteiger partial charge on any atom is 0.258 e. The van der Waals surface area contributed by atoms with Crippen molar-refractivity contribution >= 4 is 11.6 Å². The fraction of sp³-hybridized carbons (Fsp3) is 0.222. The van der Waals surface area contributed by atoms with Crippen molar-refractivity contribution in [2.45, 2.75) is 19.4 Å². The molecule has 0 bridgehead atoms. The van der Waals surface area contributed by atoms with Crippen LogP contribution in [0.25, 0.3) is 0 Å². The molecule has 0 radical (unpaired) electrons. The van der Waals surface area contributed by atoms with Crippen LogP contribution in [0.3, 0.4) is 0 Å². The van der Waals surface area contributed by atoms with Crippen molar-refractivity contribution in [1.82, 2.24) is 4.57 Å². The minimum Gasteiger partial charge on any atom is -0.440 e. The molecule has 2 heterocycles.